The molecule has 0 amide bonds. The molecule has 3 unspecified atom stereocenters. The minimum absolute atomic E-state index is 0.189. The third-order valence-corrected chi connectivity index (χ3v) is 4.03. The van der Waals surface area contributed by atoms with Crippen molar-refractivity contribution in [1.82, 2.24) is 20.4 Å². The lowest BCUT2D eigenvalue weighted by molar-refractivity contribution is 0.217. The number of aryl methyl sites for hydroxylation is 1. The Bertz CT molecular complexity index is 362. The number of nitrogens with one attached hydrogen (secondary N) is 1. The van der Waals surface area contributed by atoms with E-state index in [9.17, 15) is 0 Å². The van der Waals surface area contributed by atoms with Gasteiger partial charge in [0.2, 0.25) is 0 Å². The smallest absolute Gasteiger partial charge is 0.0772 e. The van der Waals surface area contributed by atoms with Crippen LogP contribution in [0.2, 0.25) is 0 Å². The molecule has 1 aliphatic carbocycles. The second kappa shape index (κ2) is 6.29. The normalized spacial score (nSPS) is 26.2. The lowest BCUT2D eigenvalue weighted by Gasteiger charge is -2.32. The number of aromatic nitrogens is 3. The summed E-state index contributed by atoms with van der Waals surface area (Å²) in [6, 6.07) is 0.189. The van der Waals surface area contributed by atoms with Crippen LogP contribution in [0.1, 0.15) is 57.7 Å². The number of nitrogens with zero attached hydrogens (tertiary/aromatic N) is 3. The van der Waals surface area contributed by atoms with Crippen molar-refractivity contribution in [2.75, 3.05) is 0 Å². The molecule has 1 aliphatic rings. The quantitative estimate of drug-likeness (QED) is 0.620. The van der Waals surface area contributed by atoms with Gasteiger partial charge in [0.25, 0.3) is 0 Å². The Morgan fingerprint density at radius 1 is 1.56 bits per heavy atom. The molecule has 0 saturated heterocycles. The Kier molecular flexibility index (Phi) is 4.72. The van der Waals surface area contributed by atoms with E-state index in [0.29, 0.717) is 5.92 Å². The summed E-state index contributed by atoms with van der Waals surface area (Å²) in [7, 11) is 0. The van der Waals surface area contributed by atoms with Crippen LogP contribution in [-0.4, -0.2) is 15.0 Å². The molecule has 1 heterocycles. The highest BCUT2D eigenvalue weighted by atomic mass is 15.4. The lowest BCUT2D eigenvalue weighted by Crippen LogP contribution is -2.37. The molecule has 3 atom stereocenters. The third kappa shape index (κ3) is 2.90. The molecule has 5 nitrogen and oxygen atoms in total. The van der Waals surface area contributed by atoms with Crippen molar-refractivity contribution in [2.45, 2.75) is 58.5 Å². The molecule has 0 aliphatic heterocycles. The van der Waals surface area contributed by atoms with Crippen molar-refractivity contribution in [1.29, 1.82) is 0 Å². The van der Waals surface area contributed by atoms with Gasteiger partial charge in [0.05, 0.1) is 17.9 Å². The van der Waals surface area contributed by atoms with Crippen LogP contribution in [-0.2, 0) is 6.54 Å². The summed E-state index contributed by atoms with van der Waals surface area (Å²) in [6.45, 7) is 5.40. The highest BCUT2D eigenvalue weighted by Crippen LogP contribution is 2.36. The third-order valence-electron chi connectivity index (χ3n) is 4.03. The van der Waals surface area contributed by atoms with Crippen LogP contribution in [0.4, 0.5) is 0 Å². The fraction of sp³-hybridized carbons (Fsp3) is 0.846. The van der Waals surface area contributed by atoms with E-state index >= 15 is 0 Å². The van der Waals surface area contributed by atoms with E-state index in [0.717, 1.165) is 24.6 Å². The van der Waals surface area contributed by atoms with Gasteiger partial charge in [-0.05, 0) is 31.1 Å². The zero-order chi connectivity index (χ0) is 13.0. The number of hydrogen-bond acceptors (Lipinski definition) is 4. The minimum atomic E-state index is 0.189. The van der Waals surface area contributed by atoms with Gasteiger partial charge in [-0.2, -0.15) is 0 Å². The predicted octanol–water partition coefficient (Wildman–Crippen LogP) is 2.02. The van der Waals surface area contributed by atoms with Crippen LogP contribution in [0.15, 0.2) is 6.20 Å². The second-order valence-corrected chi connectivity index (χ2v) is 5.56. The second-order valence-electron chi connectivity index (χ2n) is 5.56. The molecule has 0 radical (unpaired) electrons. The van der Waals surface area contributed by atoms with Gasteiger partial charge in [-0.3, -0.25) is 11.3 Å². The van der Waals surface area contributed by atoms with Crippen molar-refractivity contribution < 1.29 is 0 Å². The first-order valence-electron chi connectivity index (χ1n) is 7.10. The number of hydrogen-bond donors (Lipinski definition) is 2. The average molecular weight is 251 g/mol. The fourth-order valence-corrected chi connectivity index (χ4v) is 3.14. The Morgan fingerprint density at radius 3 is 3.06 bits per heavy atom. The van der Waals surface area contributed by atoms with E-state index in [1.807, 2.05) is 10.9 Å². The maximum absolute atomic E-state index is 5.79. The van der Waals surface area contributed by atoms with Crippen LogP contribution < -0.4 is 11.3 Å². The summed E-state index contributed by atoms with van der Waals surface area (Å²) in [4.78, 5) is 0. The average Bonchev–Trinajstić information content (AvgIpc) is 2.79. The highest BCUT2D eigenvalue weighted by Gasteiger charge is 2.29. The van der Waals surface area contributed by atoms with Crippen molar-refractivity contribution in [3.8, 4) is 0 Å². The zero-order valence-electron chi connectivity index (χ0n) is 11.5. The molecule has 0 bridgehead atoms. The van der Waals surface area contributed by atoms with Crippen LogP contribution in [0.3, 0.4) is 0 Å². The first kappa shape index (κ1) is 13.5. The molecule has 3 N–H and O–H groups in total. The summed E-state index contributed by atoms with van der Waals surface area (Å²) in [5, 5.41) is 8.20. The largest absolute Gasteiger partial charge is 0.271 e. The van der Waals surface area contributed by atoms with E-state index in [1.165, 1.54) is 25.7 Å². The maximum atomic E-state index is 5.79. The highest BCUT2D eigenvalue weighted by molar-refractivity contribution is 5.04. The standard InChI is InChI=1S/C13H25N5/c1-3-7-18-12(9-15-17-18)13(16-14)11-6-4-5-10(2)8-11/h9-11,13,16H,3-8,14H2,1-2H3. The van der Waals surface area contributed by atoms with Gasteiger partial charge >= 0.3 is 0 Å². The SMILES string of the molecule is CCCn1nncc1C(NN)C1CCCC(C)C1. The summed E-state index contributed by atoms with van der Waals surface area (Å²) < 4.78 is 1.99. The van der Waals surface area contributed by atoms with Gasteiger partial charge in [0.1, 0.15) is 0 Å². The number of rotatable bonds is 5. The van der Waals surface area contributed by atoms with Gasteiger partial charge in [-0.1, -0.05) is 31.9 Å². The molecule has 1 aromatic heterocycles. The van der Waals surface area contributed by atoms with Crippen molar-refractivity contribution in [3.63, 3.8) is 0 Å². The monoisotopic (exact) mass is 251 g/mol. The molecule has 5 heteroatoms. The summed E-state index contributed by atoms with van der Waals surface area (Å²) in [6.07, 6.45) is 8.07. The lowest BCUT2D eigenvalue weighted by atomic mass is 9.78. The van der Waals surface area contributed by atoms with E-state index < -0.39 is 0 Å². The topological polar surface area (TPSA) is 68.8 Å². The fourth-order valence-electron chi connectivity index (χ4n) is 3.14. The number of nitrogens with two attached hydrogens (primary N) is 1. The number of hydrazine groups is 1. The molecule has 1 aromatic rings. The van der Waals surface area contributed by atoms with Crippen LogP contribution >= 0.6 is 0 Å². The first-order valence-corrected chi connectivity index (χ1v) is 7.10. The maximum Gasteiger partial charge on any atom is 0.0772 e. The van der Waals surface area contributed by atoms with Gasteiger partial charge < -0.3 is 0 Å². The Labute approximate surface area is 109 Å². The van der Waals surface area contributed by atoms with Gasteiger partial charge in [-0.15, -0.1) is 5.10 Å². The van der Waals surface area contributed by atoms with Crippen LogP contribution in [0.25, 0.3) is 0 Å². The molecule has 1 saturated carbocycles. The molecular weight excluding hydrogens is 226 g/mol. The Hall–Kier alpha value is -0.940. The zero-order valence-corrected chi connectivity index (χ0v) is 11.5. The summed E-state index contributed by atoms with van der Waals surface area (Å²) in [5.41, 5.74) is 4.13. The molecule has 0 aromatic carbocycles. The minimum Gasteiger partial charge on any atom is -0.271 e. The van der Waals surface area contributed by atoms with E-state index in [1.54, 1.807) is 0 Å². The Morgan fingerprint density at radius 2 is 2.39 bits per heavy atom. The van der Waals surface area contributed by atoms with Crippen molar-refractivity contribution >= 4 is 0 Å². The van der Waals surface area contributed by atoms with E-state index in [2.05, 4.69) is 29.6 Å². The van der Waals surface area contributed by atoms with Gasteiger partial charge in [-0.25, -0.2) is 4.68 Å². The molecular formula is C13H25N5. The summed E-state index contributed by atoms with van der Waals surface area (Å²) in [5.74, 6) is 7.19. The Balaban J connectivity index is 2.13. The van der Waals surface area contributed by atoms with Gasteiger partial charge in [0.15, 0.2) is 0 Å². The summed E-state index contributed by atoms with van der Waals surface area (Å²) >= 11 is 0. The van der Waals surface area contributed by atoms with E-state index in [4.69, 9.17) is 5.84 Å². The van der Waals surface area contributed by atoms with Gasteiger partial charge in [0, 0.05) is 6.54 Å². The van der Waals surface area contributed by atoms with Crippen LogP contribution in [0.5, 0.6) is 0 Å². The van der Waals surface area contributed by atoms with Crippen molar-refractivity contribution in [3.05, 3.63) is 11.9 Å². The molecule has 2 rings (SSSR count). The molecule has 1 fully saturated rings. The molecule has 18 heavy (non-hydrogen) atoms. The molecule has 102 valence electrons. The predicted molar refractivity (Wildman–Crippen MR) is 71.5 cm³/mol. The van der Waals surface area contributed by atoms with E-state index in [-0.39, 0.29) is 6.04 Å². The van der Waals surface area contributed by atoms with Crippen LogP contribution in [0, 0.1) is 11.8 Å². The molecule has 0 spiro atoms. The first-order chi connectivity index (χ1) is 8.76. The van der Waals surface area contributed by atoms with Crippen molar-refractivity contribution in [2.24, 2.45) is 17.7 Å².